The second-order valence-corrected chi connectivity index (χ2v) is 8.87. The van der Waals surface area contributed by atoms with E-state index >= 15 is 0 Å². The van der Waals surface area contributed by atoms with Crippen LogP contribution in [0.25, 0.3) is 11.3 Å². The van der Waals surface area contributed by atoms with Crippen molar-refractivity contribution >= 4 is 45.5 Å². The number of halogens is 1. The third-order valence-electron chi connectivity index (χ3n) is 4.01. The van der Waals surface area contributed by atoms with Crippen LogP contribution in [0.15, 0.2) is 69.8 Å². The highest BCUT2D eigenvalue weighted by Gasteiger charge is 2.21. The van der Waals surface area contributed by atoms with Gasteiger partial charge in [-0.3, -0.25) is 9.69 Å². The van der Waals surface area contributed by atoms with Gasteiger partial charge in [0.15, 0.2) is 9.47 Å². The van der Waals surface area contributed by atoms with Crippen molar-refractivity contribution in [2.24, 2.45) is 0 Å². The van der Waals surface area contributed by atoms with E-state index in [0.29, 0.717) is 11.7 Å². The number of thiazole rings is 1. The Morgan fingerprint density at radius 1 is 1.07 bits per heavy atom. The summed E-state index contributed by atoms with van der Waals surface area (Å²) < 4.78 is 14.0. The van der Waals surface area contributed by atoms with E-state index in [4.69, 9.17) is 0 Å². The minimum atomic E-state index is -0.306. The molecule has 0 aliphatic rings. The summed E-state index contributed by atoms with van der Waals surface area (Å²) in [5.41, 5.74) is 4.28. The lowest BCUT2D eigenvalue weighted by Gasteiger charge is -2.19. The highest BCUT2D eigenvalue weighted by molar-refractivity contribution is 8.01. The summed E-state index contributed by atoms with van der Waals surface area (Å²) in [6.07, 6.45) is 0. The number of carbonyl (C=O) groups excluding carboxylic acids is 1. The summed E-state index contributed by atoms with van der Waals surface area (Å²) in [6.45, 7) is 0.317. The quantitative estimate of drug-likeness (QED) is 0.372. The Morgan fingerprint density at radius 2 is 1.86 bits per heavy atom. The fraction of sp³-hybridized carbons (Fsp3) is 0.100. The molecule has 9 heteroatoms. The molecule has 0 aliphatic heterocycles. The molecule has 0 unspecified atom stereocenters. The molecule has 29 heavy (non-hydrogen) atoms. The summed E-state index contributed by atoms with van der Waals surface area (Å²) in [6, 6.07) is 16.0. The van der Waals surface area contributed by atoms with Crippen LogP contribution in [0.2, 0.25) is 0 Å². The zero-order chi connectivity index (χ0) is 20.1. The number of amides is 1. The van der Waals surface area contributed by atoms with E-state index in [1.165, 1.54) is 46.6 Å². The van der Waals surface area contributed by atoms with Crippen molar-refractivity contribution in [2.75, 3.05) is 10.7 Å². The average molecular weight is 443 g/mol. The Balaban J connectivity index is 1.57. The maximum atomic E-state index is 13.3. The second-order valence-electron chi connectivity index (χ2n) is 5.98. The van der Waals surface area contributed by atoms with Crippen LogP contribution < -0.4 is 4.90 Å². The summed E-state index contributed by atoms with van der Waals surface area (Å²) in [5, 5.41) is 10.3. The van der Waals surface area contributed by atoms with E-state index in [9.17, 15) is 9.18 Å². The van der Waals surface area contributed by atoms with Crippen LogP contribution in [0.4, 0.5) is 9.52 Å². The minimum Gasteiger partial charge on any atom is -0.283 e. The van der Waals surface area contributed by atoms with Crippen LogP contribution in [-0.2, 0) is 11.3 Å². The Bertz CT molecular complexity index is 1070. The third-order valence-corrected chi connectivity index (χ3v) is 6.72. The first-order valence-corrected chi connectivity index (χ1v) is 11.4. The van der Waals surface area contributed by atoms with Gasteiger partial charge < -0.3 is 0 Å². The Morgan fingerprint density at radius 3 is 2.59 bits per heavy atom. The van der Waals surface area contributed by atoms with Crippen LogP contribution in [0, 0.1) is 5.82 Å². The van der Waals surface area contributed by atoms with Gasteiger partial charge in [-0.05, 0) is 17.7 Å². The lowest BCUT2D eigenvalue weighted by atomic mass is 10.2. The van der Waals surface area contributed by atoms with E-state index in [1.807, 2.05) is 35.7 Å². The molecule has 4 rings (SSSR count). The molecule has 2 heterocycles. The van der Waals surface area contributed by atoms with Gasteiger partial charge in [-0.15, -0.1) is 21.5 Å². The number of hydrogen-bond acceptors (Lipinski definition) is 7. The monoisotopic (exact) mass is 442 g/mol. The maximum Gasteiger partial charge on any atom is 0.239 e. The molecule has 5 nitrogen and oxygen atoms in total. The molecule has 0 radical (unpaired) electrons. The van der Waals surface area contributed by atoms with E-state index in [-0.39, 0.29) is 17.5 Å². The molecule has 2 aromatic heterocycles. The number of anilines is 1. The van der Waals surface area contributed by atoms with Gasteiger partial charge in [-0.2, -0.15) is 0 Å². The topological polar surface area (TPSA) is 59.0 Å². The fourth-order valence-corrected chi connectivity index (χ4v) is 4.81. The Hall–Kier alpha value is -2.62. The van der Waals surface area contributed by atoms with Crippen molar-refractivity contribution in [3.8, 4) is 11.3 Å². The SMILES string of the molecule is O=C(CSc1nncs1)N(Cc1ccc(F)cc1)c1nc(-c2ccccc2)cs1. The predicted octanol–water partition coefficient (Wildman–Crippen LogP) is 5.13. The molecule has 0 aliphatic carbocycles. The van der Waals surface area contributed by atoms with Crippen molar-refractivity contribution in [1.82, 2.24) is 15.2 Å². The smallest absolute Gasteiger partial charge is 0.239 e. The Kier molecular flexibility index (Phi) is 6.28. The van der Waals surface area contributed by atoms with Crippen molar-refractivity contribution in [3.05, 3.63) is 76.9 Å². The molecule has 4 aromatic rings. The van der Waals surface area contributed by atoms with Gasteiger partial charge in [0.2, 0.25) is 5.91 Å². The number of carbonyl (C=O) groups is 1. The van der Waals surface area contributed by atoms with Gasteiger partial charge in [0, 0.05) is 10.9 Å². The van der Waals surface area contributed by atoms with Crippen molar-refractivity contribution in [3.63, 3.8) is 0 Å². The first-order chi connectivity index (χ1) is 14.2. The number of thioether (sulfide) groups is 1. The summed E-state index contributed by atoms with van der Waals surface area (Å²) in [5.74, 6) is -0.182. The van der Waals surface area contributed by atoms with Crippen LogP contribution in [0.3, 0.4) is 0 Å². The molecular formula is C20H15FN4OS3. The largest absolute Gasteiger partial charge is 0.283 e. The lowest BCUT2D eigenvalue weighted by Crippen LogP contribution is -2.31. The summed E-state index contributed by atoms with van der Waals surface area (Å²) in [7, 11) is 0. The Labute approximate surface area is 179 Å². The van der Waals surface area contributed by atoms with E-state index in [2.05, 4.69) is 15.2 Å². The molecule has 0 atom stereocenters. The predicted molar refractivity (Wildman–Crippen MR) is 116 cm³/mol. The van der Waals surface area contributed by atoms with Crippen molar-refractivity contribution in [1.29, 1.82) is 0 Å². The van der Waals surface area contributed by atoms with Gasteiger partial charge in [0.05, 0.1) is 18.0 Å². The van der Waals surface area contributed by atoms with Gasteiger partial charge in [0.25, 0.3) is 0 Å². The molecule has 0 bridgehead atoms. The average Bonchev–Trinajstić information content (AvgIpc) is 3.44. The molecule has 1 amide bonds. The van der Waals surface area contributed by atoms with Crippen LogP contribution in [-0.4, -0.2) is 26.8 Å². The van der Waals surface area contributed by atoms with E-state index in [0.717, 1.165) is 21.2 Å². The van der Waals surface area contributed by atoms with Gasteiger partial charge in [0.1, 0.15) is 11.3 Å². The molecule has 146 valence electrons. The van der Waals surface area contributed by atoms with Crippen LogP contribution in [0.1, 0.15) is 5.56 Å². The lowest BCUT2D eigenvalue weighted by molar-refractivity contribution is -0.116. The number of benzene rings is 2. The summed E-state index contributed by atoms with van der Waals surface area (Å²) in [4.78, 5) is 19.3. The fourth-order valence-electron chi connectivity index (χ4n) is 2.59. The van der Waals surface area contributed by atoms with E-state index in [1.54, 1.807) is 22.5 Å². The normalized spacial score (nSPS) is 10.8. The van der Waals surface area contributed by atoms with Gasteiger partial charge >= 0.3 is 0 Å². The molecule has 2 aromatic carbocycles. The molecule has 0 N–H and O–H groups in total. The highest BCUT2D eigenvalue weighted by Crippen LogP contribution is 2.29. The molecule has 0 spiro atoms. The molecule has 0 fully saturated rings. The number of hydrogen-bond donors (Lipinski definition) is 0. The zero-order valence-corrected chi connectivity index (χ0v) is 17.5. The third kappa shape index (κ3) is 5.06. The van der Waals surface area contributed by atoms with Crippen molar-refractivity contribution in [2.45, 2.75) is 10.9 Å². The van der Waals surface area contributed by atoms with Crippen LogP contribution in [0.5, 0.6) is 0 Å². The number of rotatable bonds is 7. The molecular weight excluding hydrogens is 427 g/mol. The second kappa shape index (κ2) is 9.25. The zero-order valence-electron chi connectivity index (χ0n) is 15.1. The standard InChI is InChI=1S/C20H15FN4OS3/c21-16-8-6-14(7-9-16)10-25(18(26)12-28-20-24-22-13-29-20)19-23-17(11-27-19)15-4-2-1-3-5-15/h1-9,11,13H,10,12H2. The van der Waals surface area contributed by atoms with E-state index < -0.39 is 0 Å². The number of aromatic nitrogens is 3. The summed E-state index contributed by atoms with van der Waals surface area (Å²) >= 11 is 4.15. The first-order valence-electron chi connectivity index (χ1n) is 8.64. The first kappa shape index (κ1) is 19.7. The molecule has 0 saturated carbocycles. The maximum absolute atomic E-state index is 13.3. The molecule has 0 saturated heterocycles. The number of nitrogens with zero attached hydrogens (tertiary/aromatic N) is 4. The van der Waals surface area contributed by atoms with Crippen molar-refractivity contribution < 1.29 is 9.18 Å². The van der Waals surface area contributed by atoms with Gasteiger partial charge in [-0.25, -0.2) is 9.37 Å². The highest BCUT2D eigenvalue weighted by atomic mass is 32.2. The van der Waals surface area contributed by atoms with Gasteiger partial charge in [-0.1, -0.05) is 65.6 Å². The minimum absolute atomic E-state index is 0.0940. The van der Waals surface area contributed by atoms with Crippen LogP contribution >= 0.6 is 34.4 Å².